The van der Waals surface area contributed by atoms with Gasteiger partial charge in [0, 0.05) is 13.0 Å². The maximum Gasteiger partial charge on any atom is 0.261 e. The van der Waals surface area contributed by atoms with Crippen LogP contribution in [0.3, 0.4) is 0 Å². The SMILES string of the molecule is CCc1ccc(C(NC(=O)CCN2C(=O)c3ccccc3C2=O)C(C)C)cc1. The van der Waals surface area contributed by atoms with E-state index in [4.69, 9.17) is 0 Å². The van der Waals surface area contributed by atoms with Crippen LogP contribution in [0.5, 0.6) is 0 Å². The summed E-state index contributed by atoms with van der Waals surface area (Å²) in [5.74, 6) is -0.613. The van der Waals surface area contributed by atoms with Crippen molar-refractivity contribution in [3.63, 3.8) is 0 Å². The predicted octanol–water partition coefficient (Wildman–Crippen LogP) is 3.75. The summed E-state index contributed by atoms with van der Waals surface area (Å²) in [5.41, 5.74) is 3.12. The fourth-order valence-electron chi connectivity index (χ4n) is 3.50. The average molecular weight is 378 g/mol. The Morgan fingerprint density at radius 3 is 2.04 bits per heavy atom. The van der Waals surface area contributed by atoms with Crippen molar-refractivity contribution in [2.24, 2.45) is 5.92 Å². The Bertz CT molecular complexity index is 852. The van der Waals surface area contributed by atoms with E-state index >= 15 is 0 Å². The van der Waals surface area contributed by atoms with Crippen molar-refractivity contribution in [1.29, 1.82) is 0 Å². The molecule has 146 valence electrons. The van der Waals surface area contributed by atoms with Gasteiger partial charge in [-0.15, -0.1) is 0 Å². The number of carbonyl (C=O) groups is 3. The zero-order valence-corrected chi connectivity index (χ0v) is 16.6. The zero-order valence-electron chi connectivity index (χ0n) is 16.6. The Morgan fingerprint density at radius 1 is 0.964 bits per heavy atom. The van der Waals surface area contributed by atoms with E-state index in [2.05, 4.69) is 38.2 Å². The third-order valence-electron chi connectivity index (χ3n) is 5.17. The molecule has 0 fully saturated rings. The van der Waals surface area contributed by atoms with Crippen LogP contribution in [0.15, 0.2) is 48.5 Å². The van der Waals surface area contributed by atoms with E-state index < -0.39 is 0 Å². The summed E-state index contributed by atoms with van der Waals surface area (Å²) >= 11 is 0. The van der Waals surface area contributed by atoms with Gasteiger partial charge >= 0.3 is 0 Å². The second-order valence-electron chi connectivity index (χ2n) is 7.44. The molecule has 3 rings (SSSR count). The van der Waals surface area contributed by atoms with Crippen molar-refractivity contribution in [1.82, 2.24) is 10.2 Å². The Morgan fingerprint density at radius 2 is 1.54 bits per heavy atom. The number of carbonyl (C=O) groups excluding carboxylic acids is 3. The summed E-state index contributed by atoms with van der Waals surface area (Å²) in [4.78, 5) is 38.5. The van der Waals surface area contributed by atoms with Gasteiger partial charge < -0.3 is 5.32 Å². The van der Waals surface area contributed by atoms with E-state index in [9.17, 15) is 14.4 Å². The van der Waals surface area contributed by atoms with Crippen LogP contribution in [0, 0.1) is 5.92 Å². The summed E-state index contributed by atoms with van der Waals surface area (Å²) in [6, 6.07) is 14.9. The van der Waals surface area contributed by atoms with E-state index in [1.807, 2.05) is 12.1 Å². The predicted molar refractivity (Wildman–Crippen MR) is 108 cm³/mol. The molecule has 1 atom stereocenters. The van der Waals surface area contributed by atoms with Gasteiger partial charge in [-0.2, -0.15) is 0 Å². The van der Waals surface area contributed by atoms with Gasteiger partial charge in [-0.05, 0) is 35.6 Å². The van der Waals surface area contributed by atoms with Crippen molar-refractivity contribution < 1.29 is 14.4 Å². The lowest BCUT2D eigenvalue weighted by Crippen LogP contribution is -2.37. The van der Waals surface area contributed by atoms with Crippen LogP contribution < -0.4 is 5.32 Å². The van der Waals surface area contributed by atoms with Crippen LogP contribution in [-0.4, -0.2) is 29.2 Å². The summed E-state index contributed by atoms with van der Waals surface area (Å²) in [6.07, 6.45) is 1.06. The lowest BCUT2D eigenvalue weighted by atomic mass is 9.94. The van der Waals surface area contributed by atoms with Crippen molar-refractivity contribution >= 4 is 17.7 Å². The van der Waals surface area contributed by atoms with E-state index in [-0.39, 0.29) is 42.6 Å². The molecule has 28 heavy (non-hydrogen) atoms. The third kappa shape index (κ3) is 3.98. The first kappa shape index (κ1) is 19.8. The lowest BCUT2D eigenvalue weighted by molar-refractivity contribution is -0.122. The van der Waals surface area contributed by atoms with E-state index in [1.54, 1.807) is 24.3 Å². The Labute approximate surface area is 165 Å². The van der Waals surface area contributed by atoms with E-state index in [0.717, 1.165) is 16.9 Å². The highest BCUT2D eigenvalue weighted by Crippen LogP contribution is 2.24. The number of fused-ring (bicyclic) bond motifs is 1. The van der Waals surface area contributed by atoms with Crippen molar-refractivity contribution in [3.05, 3.63) is 70.8 Å². The smallest absolute Gasteiger partial charge is 0.261 e. The molecule has 5 nitrogen and oxygen atoms in total. The number of aryl methyl sites for hydroxylation is 1. The highest BCUT2D eigenvalue weighted by atomic mass is 16.2. The van der Waals surface area contributed by atoms with E-state index in [0.29, 0.717) is 11.1 Å². The van der Waals surface area contributed by atoms with Gasteiger partial charge in [0.15, 0.2) is 0 Å². The molecule has 5 heteroatoms. The minimum absolute atomic E-state index is 0.0811. The summed E-state index contributed by atoms with van der Waals surface area (Å²) in [6.45, 7) is 6.30. The molecule has 0 saturated heterocycles. The molecule has 0 saturated carbocycles. The molecule has 0 spiro atoms. The second-order valence-corrected chi connectivity index (χ2v) is 7.44. The van der Waals surface area contributed by atoms with Gasteiger partial charge in [0.2, 0.25) is 5.91 Å². The maximum atomic E-state index is 12.5. The van der Waals surface area contributed by atoms with Crippen LogP contribution in [-0.2, 0) is 11.2 Å². The molecule has 2 aromatic carbocycles. The van der Waals surface area contributed by atoms with Gasteiger partial charge in [-0.1, -0.05) is 57.2 Å². The maximum absolute atomic E-state index is 12.5. The van der Waals surface area contributed by atoms with Gasteiger partial charge in [0.25, 0.3) is 11.8 Å². The first-order chi connectivity index (χ1) is 13.4. The minimum atomic E-state index is -0.330. The highest BCUT2D eigenvalue weighted by molar-refractivity contribution is 6.21. The molecular weight excluding hydrogens is 352 g/mol. The molecule has 2 aromatic rings. The van der Waals surface area contributed by atoms with Gasteiger partial charge in [-0.25, -0.2) is 0 Å². The van der Waals surface area contributed by atoms with Crippen LogP contribution in [0.4, 0.5) is 0 Å². The molecule has 1 aliphatic rings. The molecule has 0 aromatic heterocycles. The number of hydrogen-bond acceptors (Lipinski definition) is 3. The number of rotatable bonds is 7. The molecule has 0 radical (unpaired) electrons. The highest BCUT2D eigenvalue weighted by Gasteiger charge is 2.35. The summed E-state index contributed by atoms with van der Waals surface area (Å²) in [7, 11) is 0. The first-order valence-electron chi connectivity index (χ1n) is 9.75. The molecule has 1 aliphatic heterocycles. The van der Waals surface area contributed by atoms with Crippen LogP contribution in [0.2, 0.25) is 0 Å². The van der Waals surface area contributed by atoms with Crippen LogP contribution in [0.1, 0.15) is 65.1 Å². The number of nitrogens with zero attached hydrogens (tertiary/aromatic N) is 1. The monoisotopic (exact) mass is 378 g/mol. The van der Waals surface area contributed by atoms with Crippen molar-refractivity contribution in [2.75, 3.05) is 6.54 Å². The molecule has 3 amide bonds. The Balaban J connectivity index is 1.63. The molecule has 1 heterocycles. The van der Waals surface area contributed by atoms with Crippen molar-refractivity contribution in [3.8, 4) is 0 Å². The second kappa shape index (κ2) is 8.38. The Hall–Kier alpha value is -2.95. The molecule has 1 unspecified atom stereocenters. The number of benzene rings is 2. The van der Waals surface area contributed by atoms with Gasteiger partial charge in [0.1, 0.15) is 0 Å². The number of imide groups is 1. The average Bonchev–Trinajstić information content (AvgIpc) is 2.95. The minimum Gasteiger partial charge on any atom is -0.349 e. The van der Waals surface area contributed by atoms with Crippen LogP contribution in [0.25, 0.3) is 0 Å². The van der Waals surface area contributed by atoms with Gasteiger partial charge in [-0.3, -0.25) is 19.3 Å². The number of amides is 3. The van der Waals surface area contributed by atoms with Crippen LogP contribution >= 0.6 is 0 Å². The molecule has 0 bridgehead atoms. The molecular formula is C23H26N2O3. The van der Waals surface area contributed by atoms with E-state index in [1.165, 1.54) is 5.56 Å². The molecule has 1 N–H and O–H groups in total. The topological polar surface area (TPSA) is 66.5 Å². The zero-order chi connectivity index (χ0) is 20.3. The first-order valence-corrected chi connectivity index (χ1v) is 9.75. The van der Waals surface area contributed by atoms with Gasteiger partial charge in [0.05, 0.1) is 17.2 Å². The lowest BCUT2D eigenvalue weighted by Gasteiger charge is -2.24. The summed E-state index contributed by atoms with van der Waals surface area (Å²) in [5, 5.41) is 3.06. The van der Waals surface area contributed by atoms with Crippen molar-refractivity contribution in [2.45, 2.75) is 39.7 Å². The number of hydrogen-bond donors (Lipinski definition) is 1. The standard InChI is InChI=1S/C23H26N2O3/c1-4-16-9-11-17(12-10-16)21(15(2)3)24-20(26)13-14-25-22(27)18-7-5-6-8-19(18)23(25)28/h5-12,15,21H,4,13-14H2,1-3H3,(H,24,26). The molecule has 0 aliphatic carbocycles. The quantitative estimate of drug-likeness (QED) is 0.746. The summed E-state index contributed by atoms with van der Waals surface area (Å²) < 4.78 is 0. The normalized spacial score (nSPS) is 14.4. The Kier molecular flexibility index (Phi) is 5.93. The third-order valence-corrected chi connectivity index (χ3v) is 5.17. The largest absolute Gasteiger partial charge is 0.349 e. The number of nitrogens with one attached hydrogen (secondary N) is 1. The fourth-order valence-corrected chi connectivity index (χ4v) is 3.50. The fraction of sp³-hybridized carbons (Fsp3) is 0.348.